The van der Waals surface area contributed by atoms with E-state index in [2.05, 4.69) is 0 Å². The number of Topliss-reactive ketones (excluding diaryl/α,β-unsaturated/α-hetero) is 1. The van der Waals surface area contributed by atoms with Gasteiger partial charge >= 0.3 is 12.4 Å². The third-order valence-electron chi connectivity index (χ3n) is 6.54. The highest BCUT2D eigenvalue weighted by atomic mass is 19.4. The van der Waals surface area contributed by atoms with Crippen LogP contribution in [0.15, 0.2) is 47.8 Å². The van der Waals surface area contributed by atoms with Gasteiger partial charge in [-0.1, -0.05) is 33.8 Å². The third kappa shape index (κ3) is 5.73. The van der Waals surface area contributed by atoms with Gasteiger partial charge in [-0.25, -0.2) is 0 Å². The molecule has 2 aliphatic rings. The largest absolute Gasteiger partial charge is 0.454 e. The number of anilines is 2. The van der Waals surface area contributed by atoms with Crippen molar-refractivity contribution in [1.29, 1.82) is 0 Å². The molecule has 9 heteroatoms. The summed E-state index contributed by atoms with van der Waals surface area (Å²) in [5.41, 5.74) is -0.315. The molecule has 1 aromatic rings. The van der Waals surface area contributed by atoms with E-state index >= 15 is 0 Å². The van der Waals surface area contributed by atoms with Gasteiger partial charge < -0.3 is 9.80 Å². The molecule has 0 radical (unpaired) electrons. The molecule has 0 saturated heterocycles. The van der Waals surface area contributed by atoms with Gasteiger partial charge in [0.2, 0.25) is 0 Å². The van der Waals surface area contributed by atoms with Gasteiger partial charge in [-0.05, 0) is 47.4 Å². The summed E-state index contributed by atoms with van der Waals surface area (Å²) >= 11 is 0. The molecule has 0 amide bonds. The molecule has 33 heavy (non-hydrogen) atoms. The van der Waals surface area contributed by atoms with Gasteiger partial charge in [0.15, 0.2) is 0 Å². The summed E-state index contributed by atoms with van der Waals surface area (Å²) in [5, 5.41) is 0. The summed E-state index contributed by atoms with van der Waals surface area (Å²) in [6, 6.07) is 6.90. The summed E-state index contributed by atoms with van der Waals surface area (Å²) in [5.74, 6) is -1.86. The van der Waals surface area contributed by atoms with Crippen molar-refractivity contribution in [2.24, 2.45) is 10.8 Å². The summed E-state index contributed by atoms with van der Waals surface area (Å²) in [4.78, 5) is 15.4. The second kappa shape index (κ2) is 8.40. The molecular weight excluding hydrogens is 446 g/mol. The van der Waals surface area contributed by atoms with Crippen LogP contribution < -0.4 is 9.80 Å². The van der Waals surface area contributed by atoms with E-state index in [1.165, 1.54) is 12.4 Å². The second-order valence-corrected chi connectivity index (χ2v) is 9.99. The average Bonchev–Trinajstić information content (AvgIpc) is 2.67. The summed E-state index contributed by atoms with van der Waals surface area (Å²) in [6.45, 7) is 7.72. The number of carbonyl (C=O) groups is 1. The van der Waals surface area contributed by atoms with Crippen LogP contribution in [-0.2, 0) is 4.79 Å². The molecule has 0 atom stereocenters. The van der Waals surface area contributed by atoms with Crippen LogP contribution in [0.1, 0.15) is 47.0 Å². The Morgan fingerprint density at radius 1 is 0.879 bits per heavy atom. The van der Waals surface area contributed by atoms with Crippen molar-refractivity contribution in [3.05, 3.63) is 47.8 Å². The van der Waals surface area contributed by atoms with Crippen LogP contribution in [0.4, 0.5) is 37.7 Å². The van der Waals surface area contributed by atoms with Crippen LogP contribution in [-0.4, -0.2) is 31.2 Å². The molecule has 0 bridgehead atoms. The average molecular weight is 474 g/mol. The van der Waals surface area contributed by atoms with Crippen LogP contribution in [0.2, 0.25) is 0 Å². The van der Waals surface area contributed by atoms with E-state index in [0.717, 1.165) is 0 Å². The highest BCUT2D eigenvalue weighted by Gasteiger charge is 2.46. The minimum absolute atomic E-state index is 0.282. The van der Waals surface area contributed by atoms with Gasteiger partial charge in [-0.3, -0.25) is 4.79 Å². The van der Waals surface area contributed by atoms with E-state index in [9.17, 15) is 31.1 Å². The smallest absolute Gasteiger partial charge is 0.348 e. The van der Waals surface area contributed by atoms with Gasteiger partial charge in [0, 0.05) is 42.4 Å². The van der Waals surface area contributed by atoms with Crippen LogP contribution in [0.5, 0.6) is 0 Å². The van der Waals surface area contributed by atoms with Crippen molar-refractivity contribution in [3.63, 3.8) is 0 Å². The van der Waals surface area contributed by atoms with Crippen molar-refractivity contribution < 1.29 is 31.1 Å². The first-order valence-electron chi connectivity index (χ1n) is 10.7. The van der Waals surface area contributed by atoms with Crippen LogP contribution in [0.25, 0.3) is 0 Å². The van der Waals surface area contributed by atoms with Crippen LogP contribution in [0, 0.1) is 10.8 Å². The Morgan fingerprint density at radius 3 is 1.91 bits per heavy atom. The second-order valence-electron chi connectivity index (χ2n) is 9.99. The first-order valence-corrected chi connectivity index (χ1v) is 10.7. The zero-order valence-corrected chi connectivity index (χ0v) is 19.1. The van der Waals surface area contributed by atoms with Crippen molar-refractivity contribution >= 4 is 17.2 Å². The van der Waals surface area contributed by atoms with E-state index in [-0.39, 0.29) is 11.1 Å². The zero-order valence-electron chi connectivity index (χ0n) is 19.1. The van der Waals surface area contributed by atoms with Crippen molar-refractivity contribution in [2.75, 3.05) is 22.9 Å². The lowest BCUT2D eigenvalue weighted by Crippen LogP contribution is -2.39. The van der Waals surface area contributed by atoms with E-state index in [1.807, 2.05) is 0 Å². The molecule has 3 rings (SSSR count). The maximum absolute atomic E-state index is 13.1. The maximum Gasteiger partial charge on any atom is 0.454 e. The van der Waals surface area contributed by atoms with Crippen molar-refractivity contribution in [1.82, 2.24) is 0 Å². The molecule has 2 heterocycles. The van der Waals surface area contributed by atoms with E-state index in [1.54, 1.807) is 61.8 Å². The molecule has 1 aromatic carbocycles. The van der Waals surface area contributed by atoms with Gasteiger partial charge in [-0.15, -0.1) is 0 Å². The summed E-state index contributed by atoms with van der Waals surface area (Å²) in [6.07, 6.45) is -6.62. The topological polar surface area (TPSA) is 23.6 Å². The molecule has 0 fully saturated rings. The Morgan fingerprint density at radius 2 is 1.39 bits per heavy atom. The predicted molar refractivity (Wildman–Crippen MR) is 116 cm³/mol. The number of carbonyl (C=O) groups excluding carboxylic acids is 1. The molecule has 0 N–H and O–H groups in total. The minimum atomic E-state index is -4.96. The fourth-order valence-electron chi connectivity index (χ4n) is 4.19. The molecule has 0 saturated carbocycles. The highest BCUT2D eigenvalue weighted by molar-refractivity contribution is 6.01. The molecule has 0 spiro atoms. The number of hydrogen-bond acceptors (Lipinski definition) is 3. The van der Waals surface area contributed by atoms with Crippen LogP contribution in [0.3, 0.4) is 0 Å². The molecule has 0 aromatic heterocycles. The maximum atomic E-state index is 13.1. The Kier molecular flexibility index (Phi) is 6.41. The van der Waals surface area contributed by atoms with Gasteiger partial charge in [0.25, 0.3) is 5.78 Å². The standard InChI is InChI=1S/C24H28F6N2O/c1-21(2)8-10-31(14-16(21)13-23(25,26)27)17-6-5-7-18(12-17)32-11-9-22(3,4)19(15-32)20(33)24(28,29)30/h5-7,12,14-15H,8-11,13H2,1-4H3. The molecule has 182 valence electrons. The predicted octanol–water partition coefficient (Wildman–Crippen LogP) is 7.01. The fraction of sp³-hybridized carbons (Fsp3) is 0.542. The quantitative estimate of drug-likeness (QED) is 0.439. The first-order chi connectivity index (χ1) is 15.0. The van der Waals surface area contributed by atoms with Crippen LogP contribution >= 0.6 is 0 Å². The Labute approximate surface area is 189 Å². The van der Waals surface area contributed by atoms with Crippen molar-refractivity contribution in [3.8, 4) is 0 Å². The Bertz CT molecular complexity index is 972. The first kappa shape index (κ1) is 25.2. The number of alkyl halides is 6. The molecule has 2 aliphatic heterocycles. The summed E-state index contributed by atoms with van der Waals surface area (Å²) < 4.78 is 78.6. The molecule has 3 nitrogen and oxygen atoms in total. The van der Waals surface area contributed by atoms with E-state index in [0.29, 0.717) is 37.3 Å². The SMILES string of the molecule is CC1(C)CCN(c2cccc(N3C=C(C(=O)C(F)(F)F)C(C)(C)CC3)c2)C=C1CC(F)(F)F. The third-order valence-corrected chi connectivity index (χ3v) is 6.54. The molecule has 0 aliphatic carbocycles. The number of nitrogens with zero attached hydrogens (tertiary/aromatic N) is 2. The molecule has 0 unspecified atom stereocenters. The number of halogens is 6. The van der Waals surface area contributed by atoms with Gasteiger partial charge in [-0.2, -0.15) is 26.3 Å². The van der Waals surface area contributed by atoms with E-state index < -0.39 is 35.4 Å². The minimum Gasteiger partial charge on any atom is -0.348 e. The Balaban J connectivity index is 1.94. The number of rotatable bonds is 4. The van der Waals surface area contributed by atoms with Gasteiger partial charge in [0.1, 0.15) is 0 Å². The van der Waals surface area contributed by atoms with E-state index in [4.69, 9.17) is 0 Å². The highest BCUT2D eigenvalue weighted by Crippen LogP contribution is 2.43. The normalized spacial score (nSPS) is 20.9. The fourth-order valence-corrected chi connectivity index (χ4v) is 4.19. The lowest BCUT2D eigenvalue weighted by molar-refractivity contribution is -0.167. The molecular formula is C24H28F6N2O. The van der Waals surface area contributed by atoms with Gasteiger partial charge in [0.05, 0.1) is 6.42 Å². The zero-order chi connectivity index (χ0) is 24.8. The monoisotopic (exact) mass is 474 g/mol. The summed E-state index contributed by atoms with van der Waals surface area (Å²) in [7, 11) is 0. The number of ketones is 1. The lowest BCUT2D eigenvalue weighted by atomic mass is 9.77. The number of benzene rings is 1. The number of hydrogen-bond donors (Lipinski definition) is 0. The Hall–Kier alpha value is -2.45. The number of allylic oxidation sites excluding steroid dienone is 2. The lowest BCUT2D eigenvalue weighted by Gasteiger charge is -2.39. The van der Waals surface area contributed by atoms with Crippen molar-refractivity contribution in [2.45, 2.75) is 59.3 Å².